The molecule has 0 atom stereocenters. The molecule has 2 rings (SSSR count). The fourth-order valence-electron chi connectivity index (χ4n) is 1.70. The molecule has 7 heteroatoms. The summed E-state index contributed by atoms with van der Waals surface area (Å²) in [5.41, 5.74) is -1.46. The molecule has 1 aliphatic rings. The first-order chi connectivity index (χ1) is 9.36. The number of carbonyl (C=O) groups is 1. The molecule has 0 radical (unpaired) electrons. The van der Waals surface area contributed by atoms with Crippen molar-refractivity contribution in [3.63, 3.8) is 0 Å². The van der Waals surface area contributed by atoms with Crippen molar-refractivity contribution in [2.45, 2.75) is 19.0 Å². The highest BCUT2D eigenvalue weighted by Crippen LogP contribution is 2.31. The van der Waals surface area contributed by atoms with Gasteiger partial charge in [0.25, 0.3) is 0 Å². The molecule has 1 fully saturated rings. The van der Waals surface area contributed by atoms with Crippen LogP contribution in [0.1, 0.15) is 18.4 Å². The molecule has 2 N–H and O–H groups in total. The number of alkyl halides is 3. The van der Waals surface area contributed by atoms with Crippen LogP contribution in [0.4, 0.5) is 23.2 Å². The average molecular weight is 290 g/mol. The summed E-state index contributed by atoms with van der Waals surface area (Å²) in [4.78, 5) is 11.5. The van der Waals surface area contributed by atoms with E-state index in [4.69, 9.17) is 0 Å². The van der Waals surface area contributed by atoms with Gasteiger partial charge in [0, 0.05) is 0 Å². The summed E-state index contributed by atoms with van der Waals surface area (Å²) in [5.74, 6) is -0.884. The molecule has 1 saturated carbocycles. The maximum atomic E-state index is 13.4. The van der Waals surface area contributed by atoms with Gasteiger partial charge >= 0.3 is 6.18 Å². The predicted octanol–water partition coefficient (Wildman–Crippen LogP) is 2.78. The molecule has 20 heavy (non-hydrogen) atoms. The lowest BCUT2D eigenvalue weighted by Crippen LogP contribution is -2.29. The number of anilines is 1. The number of benzene rings is 1. The maximum absolute atomic E-state index is 13.4. The minimum atomic E-state index is -4.57. The van der Waals surface area contributed by atoms with Gasteiger partial charge in [-0.2, -0.15) is 13.2 Å². The highest BCUT2D eigenvalue weighted by atomic mass is 19.4. The number of hydrogen-bond donors (Lipinski definition) is 2. The zero-order valence-corrected chi connectivity index (χ0v) is 10.6. The summed E-state index contributed by atoms with van der Waals surface area (Å²) < 4.78 is 50.8. The molecule has 1 aliphatic carbocycles. The predicted molar refractivity (Wildman–Crippen MR) is 65.6 cm³/mol. The van der Waals surface area contributed by atoms with Crippen LogP contribution in [-0.2, 0) is 11.0 Å². The van der Waals surface area contributed by atoms with Crippen molar-refractivity contribution in [3.8, 4) is 0 Å². The highest BCUT2D eigenvalue weighted by molar-refractivity contribution is 5.92. The Labute approximate surface area is 113 Å². The second-order valence-electron chi connectivity index (χ2n) is 4.81. The van der Waals surface area contributed by atoms with Gasteiger partial charge in [-0.1, -0.05) is 0 Å². The van der Waals surface area contributed by atoms with E-state index in [2.05, 4.69) is 10.6 Å². The number of amides is 1. The van der Waals surface area contributed by atoms with E-state index in [-0.39, 0.29) is 6.54 Å². The Hall–Kier alpha value is -1.63. The van der Waals surface area contributed by atoms with E-state index in [1.165, 1.54) is 0 Å². The van der Waals surface area contributed by atoms with E-state index >= 15 is 0 Å². The minimum Gasteiger partial charge on any atom is -0.322 e. The molecule has 0 bridgehead atoms. The van der Waals surface area contributed by atoms with Gasteiger partial charge in [0.05, 0.1) is 17.8 Å². The van der Waals surface area contributed by atoms with Crippen LogP contribution in [0, 0.1) is 11.7 Å². The zero-order valence-electron chi connectivity index (χ0n) is 10.6. The summed E-state index contributed by atoms with van der Waals surface area (Å²) in [6, 6.07) is 1.92. The van der Waals surface area contributed by atoms with Crippen molar-refractivity contribution in [1.82, 2.24) is 5.32 Å². The molecular formula is C13H14F4N2O. The topological polar surface area (TPSA) is 41.1 Å². The Morgan fingerprint density at radius 2 is 2.00 bits per heavy atom. The third-order valence-electron chi connectivity index (χ3n) is 2.98. The summed E-state index contributed by atoms with van der Waals surface area (Å²) >= 11 is 0. The van der Waals surface area contributed by atoms with Crippen LogP contribution in [-0.4, -0.2) is 19.0 Å². The third-order valence-corrected chi connectivity index (χ3v) is 2.98. The summed E-state index contributed by atoms with van der Waals surface area (Å²) in [5, 5.41) is 5.02. The van der Waals surface area contributed by atoms with E-state index in [9.17, 15) is 22.4 Å². The molecule has 0 aliphatic heterocycles. The van der Waals surface area contributed by atoms with Crippen LogP contribution in [0.3, 0.4) is 0 Å². The Morgan fingerprint density at radius 1 is 1.30 bits per heavy atom. The van der Waals surface area contributed by atoms with Gasteiger partial charge in [0.1, 0.15) is 5.82 Å². The zero-order chi connectivity index (χ0) is 14.8. The fourth-order valence-corrected chi connectivity index (χ4v) is 1.70. The van der Waals surface area contributed by atoms with Crippen LogP contribution in [0.2, 0.25) is 0 Å². The SMILES string of the molecule is O=C(CNCC1CC1)Nc1cc(C(F)(F)F)ccc1F. The Balaban J connectivity index is 1.94. The quantitative estimate of drug-likeness (QED) is 0.819. The maximum Gasteiger partial charge on any atom is 0.416 e. The standard InChI is InChI=1S/C13H14F4N2O/c14-10-4-3-9(13(15,16)17)5-11(10)19-12(20)7-18-6-8-1-2-8/h3-5,8,18H,1-2,6-7H2,(H,19,20). The lowest BCUT2D eigenvalue weighted by molar-refractivity contribution is -0.137. The molecule has 0 unspecified atom stereocenters. The van der Waals surface area contributed by atoms with E-state index in [1.54, 1.807) is 0 Å². The lowest BCUT2D eigenvalue weighted by atomic mass is 10.2. The number of carbonyl (C=O) groups excluding carboxylic acids is 1. The van der Waals surface area contributed by atoms with Gasteiger partial charge in [-0.05, 0) is 43.5 Å². The number of halogens is 4. The molecule has 0 saturated heterocycles. The molecule has 1 amide bonds. The van der Waals surface area contributed by atoms with Crippen LogP contribution in [0.25, 0.3) is 0 Å². The first kappa shape index (κ1) is 14.8. The number of rotatable bonds is 5. The van der Waals surface area contributed by atoms with Crippen molar-refractivity contribution in [1.29, 1.82) is 0 Å². The van der Waals surface area contributed by atoms with Crippen molar-refractivity contribution >= 4 is 11.6 Å². The first-order valence-corrected chi connectivity index (χ1v) is 6.23. The largest absolute Gasteiger partial charge is 0.416 e. The van der Waals surface area contributed by atoms with Crippen molar-refractivity contribution in [3.05, 3.63) is 29.6 Å². The van der Waals surface area contributed by atoms with Crippen molar-refractivity contribution in [2.24, 2.45) is 5.92 Å². The smallest absolute Gasteiger partial charge is 0.322 e. The van der Waals surface area contributed by atoms with Crippen molar-refractivity contribution in [2.75, 3.05) is 18.4 Å². The summed E-state index contributed by atoms with van der Waals surface area (Å²) in [6.07, 6.45) is -2.33. The van der Waals surface area contributed by atoms with Gasteiger partial charge < -0.3 is 10.6 Å². The molecular weight excluding hydrogens is 276 g/mol. The molecule has 0 heterocycles. The van der Waals surface area contributed by atoms with Gasteiger partial charge in [0.15, 0.2) is 0 Å². The van der Waals surface area contributed by atoms with E-state index in [0.717, 1.165) is 12.8 Å². The van der Waals surface area contributed by atoms with Crippen LogP contribution in [0.5, 0.6) is 0 Å². The Morgan fingerprint density at radius 3 is 2.60 bits per heavy atom. The van der Waals surface area contributed by atoms with Crippen LogP contribution >= 0.6 is 0 Å². The monoisotopic (exact) mass is 290 g/mol. The summed E-state index contributed by atoms with van der Waals surface area (Å²) in [6.45, 7) is 0.644. The van der Waals surface area contributed by atoms with E-state index in [0.29, 0.717) is 30.7 Å². The molecule has 110 valence electrons. The van der Waals surface area contributed by atoms with Gasteiger partial charge in [-0.15, -0.1) is 0 Å². The van der Waals surface area contributed by atoms with E-state index < -0.39 is 29.2 Å². The van der Waals surface area contributed by atoms with Crippen molar-refractivity contribution < 1.29 is 22.4 Å². The minimum absolute atomic E-state index is 0.0494. The fraction of sp³-hybridized carbons (Fsp3) is 0.462. The molecule has 0 aromatic heterocycles. The molecule has 0 spiro atoms. The third kappa shape index (κ3) is 4.19. The molecule has 3 nitrogen and oxygen atoms in total. The highest BCUT2D eigenvalue weighted by Gasteiger charge is 2.31. The Kier molecular flexibility index (Phi) is 4.27. The van der Waals surface area contributed by atoms with Gasteiger partial charge in [-0.25, -0.2) is 4.39 Å². The lowest BCUT2D eigenvalue weighted by Gasteiger charge is -2.11. The van der Waals surface area contributed by atoms with Crippen LogP contribution < -0.4 is 10.6 Å². The van der Waals surface area contributed by atoms with E-state index in [1.807, 2.05) is 0 Å². The normalized spacial score (nSPS) is 15.2. The van der Waals surface area contributed by atoms with Crippen LogP contribution in [0.15, 0.2) is 18.2 Å². The number of hydrogen-bond acceptors (Lipinski definition) is 2. The summed E-state index contributed by atoms with van der Waals surface area (Å²) in [7, 11) is 0. The first-order valence-electron chi connectivity index (χ1n) is 6.23. The van der Waals surface area contributed by atoms with Gasteiger partial charge in [-0.3, -0.25) is 4.79 Å². The second kappa shape index (κ2) is 5.78. The average Bonchev–Trinajstić information content (AvgIpc) is 3.14. The molecule has 1 aromatic rings. The Bertz CT molecular complexity index is 498. The number of nitrogens with one attached hydrogen (secondary N) is 2. The van der Waals surface area contributed by atoms with Gasteiger partial charge in [0.2, 0.25) is 5.91 Å². The molecule has 1 aromatic carbocycles. The second-order valence-corrected chi connectivity index (χ2v) is 4.81.